The average molecular weight is 280 g/mol. The van der Waals surface area contributed by atoms with Gasteiger partial charge in [-0.2, -0.15) is 0 Å². The summed E-state index contributed by atoms with van der Waals surface area (Å²) in [5.74, 6) is 1.12. The number of carbonyl (C=O) groups is 1. The Labute approximate surface area is 124 Å². The molecule has 2 saturated carbocycles. The lowest BCUT2D eigenvalue weighted by Gasteiger charge is -2.31. The number of hydrogen-bond acceptors (Lipinski definition) is 2. The van der Waals surface area contributed by atoms with E-state index in [4.69, 9.17) is 0 Å². The highest BCUT2D eigenvalue weighted by atomic mass is 16.2. The van der Waals surface area contributed by atoms with E-state index in [2.05, 4.69) is 17.6 Å². The Balaban J connectivity index is 1.68. The summed E-state index contributed by atoms with van der Waals surface area (Å²) in [5, 5.41) is 6.77. The standard InChI is InChI=1S/C17H32N2O/c1-3-14-9-11-16(12-10-14)18-13(2)17(20)19-15-7-5-4-6-8-15/h13-16,18H,3-12H2,1-2H3,(H,19,20). The van der Waals surface area contributed by atoms with Gasteiger partial charge in [0.25, 0.3) is 0 Å². The third-order valence-corrected chi connectivity index (χ3v) is 5.25. The molecular formula is C17H32N2O. The van der Waals surface area contributed by atoms with E-state index in [1.54, 1.807) is 0 Å². The van der Waals surface area contributed by atoms with Gasteiger partial charge in [-0.1, -0.05) is 32.6 Å². The summed E-state index contributed by atoms with van der Waals surface area (Å²) in [7, 11) is 0. The Morgan fingerprint density at radius 1 is 1.00 bits per heavy atom. The van der Waals surface area contributed by atoms with Gasteiger partial charge in [-0.3, -0.25) is 4.79 Å². The average Bonchev–Trinajstić information content (AvgIpc) is 2.49. The van der Waals surface area contributed by atoms with Gasteiger partial charge in [0.15, 0.2) is 0 Å². The normalized spacial score (nSPS) is 29.9. The van der Waals surface area contributed by atoms with Crippen molar-refractivity contribution in [2.24, 2.45) is 5.92 Å². The highest BCUT2D eigenvalue weighted by molar-refractivity contribution is 5.81. The van der Waals surface area contributed by atoms with Crippen LogP contribution in [0.5, 0.6) is 0 Å². The second-order valence-corrected chi connectivity index (χ2v) is 6.86. The maximum absolute atomic E-state index is 12.2. The highest BCUT2D eigenvalue weighted by Gasteiger charge is 2.24. The van der Waals surface area contributed by atoms with Gasteiger partial charge in [-0.25, -0.2) is 0 Å². The number of amides is 1. The van der Waals surface area contributed by atoms with Crippen LogP contribution in [0.25, 0.3) is 0 Å². The van der Waals surface area contributed by atoms with Gasteiger partial charge in [0, 0.05) is 12.1 Å². The molecule has 2 rings (SSSR count). The number of rotatable bonds is 5. The van der Waals surface area contributed by atoms with Gasteiger partial charge < -0.3 is 10.6 Å². The van der Waals surface area contributed by atoms with Crippen LogP contribution in [0.3, 0.4) is 0 Å². The Morgan fingerprint density at radius 3 is 2.25 bits per heavy atom. The second-order valence-electron chi connectivity index (χ2n) is 6.86. The maximum atomic E-state index is 12.2. The van der Waals surface area contributed by atoms with Gasteiger partial charge in [0.2, 0.25) is 5.91 Å². The van der Waals surface area contributed by atoms with Gasteiger partial charge in [-0.15, -0.1) is 0 Å². The highest BCUT2D eigenvalue weighted by Crippen LogP contribution is 2.26. The Morgan fingerprint density at radius 2 is 1.65 bits per heavy atom. The van der Waals surface area contributed by atoms with Crippen molar-refractivity contribution in [2.75, 3.05) is 0 Å². The number of carbonyl (C=O) groups excluding carboxylic acids is 1. The molecule has 0 aliphatic heterocycles. The minimum atomic E-state index is -0.0416. The minimum Gasteiger partial charge on any atom is -0.352 e. The third kappa shape index (κ3) is 4.76. The molecule has 1 unspecified atom stereocenters. The van der Waals surface area contributed by atoms with Crippen molar-refractivity contribution in [1.29, 1.82) is 0 Å². The van der Waals surface area contributed by atoms with E-state index < -0.39 is 0 Å². The van der Waals surface area contributed by atoms with Gasteiger partial charge >= 0.3 is 0 Å². The quantitative estimate of drug-likeness (QED) is 0.810. The summed E-state index contributed by atoms with van der Waals surface area (Å²) in [4.78, 5) is 12.2. The summed E-state index contributed by atoms with van der Waals surface area (Å²) in [6.45, 7) is 4.31. The molecule has 2 N–H and O–H groups in total. The molecule has 20 heavy (non-hydrogen) atoms. The minimum absolute atomic E-state index is 0.0416. The molecule has 0 spiro atoms. The molecule has 0 aromatic carbocycles. The lowest BCUT2D eigenvalue weighted by molar-refractivity contribution is -0.123. The molecule has 3 heteroatoms. The first-order valence-corrected chi connectivity index (χ1v) is 8.75. The Bertz CT molecular complexity index is 291. The van der Waals surface area contributed by atoms with E-state index in [1.807, 2.05) is 6.92 Å². The van der Waals surface area contributed by atoms with Crippen LogP contribution < -0.4 is 10.6 Å². The molecule has 0 bridgehead atoms. The first-order valence-electron chi connectivity index (χ1n) is 8.75. The summed E-state index contributed by atoms with van der Waals surface area (Å²) in [6.07, 6.45) is 12.6. The molecular weight excluding hydrogens is 248 g/mol. The van der Waals surface area contributed by atoms with E-state index in [9.17, 15) is 4.79 Å². The Hall–Kier alpha value is -0.570. The van der Waals surface area contributed by atoms with Crippen LogP contribution >= 0.6 is 0 Å². The molecule has 2 fully saturated rings. The van der Waals surface area contributed by atoms with E-state index in [1.165, 1.54) is 64.2 Å². The fraction of sp³-hybridized carbons (Fsp3) is 0.941. The van der Waals surface area contributed by atoms with Crippen molar-refractivity contribution in [3.63, 3.8) is 0 Å². The molecule has 3 nitrogen and oxygen atoms in total. The zero-order valence-corrected chi connectivity index (χ0v) is 13.3. The van der Waals surface area contributed by atoms with E-state index >= 15 is 0 Å². The summed E-state index contributed by atoms with van der Waals surface area (Å²) < 4.78 is 0. The largest absolute Gasteiger partial charge is 0.352 e. The predicted octanol–water partition coefficient (Wildman–Crippen LogP) is 3.38. The molecule has 0 radical (unpaired) electrons. The van der Waals surface area contributed by atoms with Crippen molar-refractivity contribution in [3.05, 3.63) is 0 Å². The van der Waals surface area contributed by atoms with E-state index in [0.29, 0.717) is 12.1 Å². The van der Waals surface area contributed by atoms with Crippen LogP contribution in [0.4, 0.5) is 0 Å². The van der Waals surface area contributed by atoms with Crippen LogP contribution in [-0.4, -0.2) is 24.0 Å². The molecule has 0 aromatic rings. The van der Waals surface area contributed by atoms with Crippen LogP contribution in [-0.2, 0) is 4.79 Å². The predicted molar refractivity (Wildman–Crippen MR) is 83.7 cm³/mol. The number of hydrogen-bond donors (Lipinski definition) is 2. The molecule has 116 valence electrons. The van der Waals surface area contributed by atoms with Crippen LogP contribution in [0, 0.1) is 5.92 Å². The molecule has 0 saturated heterocycles. The second kappa shape index (κ2) is 8.02. The van der Waals surface area contributed by atoms with Crippen molar-refractivity contribution >= 4 is 5.91 Å². The zero-order chi connectivity index (χ0) is 14.4. The number of nitrogens with one attached hydrogen (secondary N) is 2. The maximum Gasteiger partial charge on any atom is 0.237 e. The molecule has 2 aliphatic carbocycles. The summed E-state index contributed by atoms with van der Waals surface area (Å²) in [5.41, 5.74) is 0. The lowest BCUT2D eigenvalue weighted by Crippen LogP contribution is -2.50. The Kier molecular flexibility index (Phi) is 6.34. The molecule has 0 aromatic heterocycles. The van der Waals surface area contributed by atoms with Crippen LogP contribution in [0.15, 0.2) is 0 Å². The molecule has 0 heterocycles. The van der Waals surface area contributed by atoms with Gasteiger partial charge in [0.05, 0.1) is 6.04 Å². The summed E-state index contributed by atoms with van der Waals surface area (Å²) >= 11 is 0. The first-order chi connectivity index (χ1) is 9.69. The topological polar surface area (TPSA) is 41.1 Å². The SMILES string of the molecule is CCC1CCC(NC(C)C(=O)NC2CCCCC2)CC1. The zero-order valence-electron chi connectivity index (χ0n) is 13.3. The lowest BCUT2D eigenvalue weighted by atomic mass is 9.84. The fourth-order valence-electron chi connectivity index (χ4n) is 3.74. The van der Waals surface area contributed by atoms with Crippen molar-refractivity contribution in [3.8, 4) is 0 Å². The fourth-order valence-corrected chi connectivity index (χ4v) is 3.74. The monoisotopic (exact) mass is 280 g/mol. The molecule has 2 aliphatic rings. The summed E-state index contributed by atoms with van der Waals surface area (Å²) in [6, 6.07) is 0.932. The molecule has 1 atom stereocenters. The van der Waals surface area contributed by atoms with E-state index in [0.717, 1.165) is 5.92 Å². The third-order valence-electron chi connectivity index (χ3n) is 5.25. The van der Waals surface area contributed by atoms with Crippen LogP contribution in [0.2, 0.25) is 0 Å². The van der Waals surface area contributed by atoms with Crippen LogP contribution in [0.1, 0.15) is 78.1 Å². The van der Waals surface area contributed by atoms with Crippen molar-refractivity contribution in [1.82, 2.24) is 10.6 Å². The molecule has 1 amide bonds. The van der Waals surface area contributed by atoms with Crippen molar-refractivity contribution < 1.29 is 4.79 Å². The van der Waals surface area contributed by atoms with E-state index in [-0.39, 0.29) is 11.9 Å². The van der Waals surface area contributed by atoms with Crippen molar-refractivity contribution in [2.45, 2.75) is 96.2 Å². The van der Waals surface area contributed by atoms with Gasteiger partial charge in [-0.05, 0) is 51.4 Å². The first kappa shape index (κ1) is 15.8. The smallest absolute Gasteiger partial charge is 0.237 e. The van der Waals surface area contributed by atoms with Gasteiger partial charge in [0.1, 0.15) is 0 Å².